The monoisotopic (exact) mass is 416 g/mol. The minimum Gasteiger partial charge on any atom is -0.497 e. The third kappa shape index (κ3) is 3.88. The largest absolute Gasteiger partial charge is 0.497 e. The normalized spacial score (nSPS) is 18.7. The van der Waals surface area contributed by atoms with Gasteiger partial charge >= 0.3 is 0 Å². The van der Waals surface area contributed by atoms with Crippen molar-refractivity contribution in [1.82, 2.24) is 19.8 Å². The molecule has 4 rings (SSSR count). The summed E-state index contributed by atoms with van der Waals surface area (Å²) in [5.74, 6) is 1.25. The van der Waals surface area contributed by atoms with Crippen LogP contribution in [0.5, 0.6) is 11.5 Å². The molecule has 0 radical (unpaired) electrons. The van der Waals surface area contributed by atoms with Crippen molar-refractivity contribution in [3.63, 3.8) is 0 Å². The smallest absolute Gasteiger partial charge is 0.225 e. The summed E-state index contributed by atoms with van der Waals surface area (Å²) in [6, 6.07) is 12.4. The highest BCUT2D eigenvalue weighted by atomic mass is 32.1. The highest BCUT2D eigenvalue weighted by Crippen LogP contribution is 2.31. The van der Waals surface area contributed by atoms with Gasteiger partial charge in [-0.25, -0.2) is 4.39 Å². The Hall–Kier alpha value is -2.78. The van der Waals surface area contributed by atoms with Crippen molar-refractivity contribution < 1.29 is 18.8 Å². The van der Waals surface area contributed by atoms with Crippen molar-refractivity contribution in [1.29, 1.82) is 0 Å². The van der Waals surface area contributed by atoms with E-state index in [0.717, 1.165) is 36.4 Å². The zero-order valence-electron chi connectivity index (χ0n) is 16.3. The topological polar surface area (TPSA) is 58.5 Å². The number of nitrogens with zero attached hydrogens (tertiary/aromatic N) is 4. The zero-order chi connectivity index (χ0) is 20.4. The molecule has 29 heavy (non-hydrogen) atoms. The highest BCUT2D eigenvalue weighted by molar-refractivity contribution is 7.71. The van der Waals surface area contributed by atoms with E-state index in [1.807, 2.05) is 12.1 Å². The van der Waals surface area contributed by atoms with Crippen molar-refractivity contribution in [2.75, 3.05) is 20.8 Å². The molecule has 0 aliphatic carbocycles. The van der Waals surface area contributed by atoms with Crippen molar-refractivity contribution >= 4 is 12.2 Å². The van der Waals surface area contributed by atoms with Crippen molar-refractivity contribution in [3.05, 3.63) is 58.6 Å². The maximum Gasteiger partial charge on any atom is 0.225 e. The van der Waals surface area contributed by atoms with Gasteiger partial charge in [-0.2, -0.15) is 9.36 Å². The van der Waals surface area contributed by atoms with E-state index in [-0.39, 0.29) is 11.9 Å². The summed E-state index contributed by atoms with van der Waals surface area (Å²) in [5.41, 5.74) is 1.70. The number of ether oxygens (including phenoxy) is 2. The van der Waals surface area contributed by atoms with Crippen LogP contribution in [0.3, 0.4) is 0 Å². The Bertz CT molecular complexity index is 1070. The maximum atomic E-state index is 13.6. The maximum absolute atomic E-state index is 13.6. The number of aromatic nitrogens is 4. The van der Waals surface area contributed by atoms with Crippen LogP contribution in [0.4, 0.5) is 4.39 Å². The van der Waals surface area contributed by atoms with Gasteiger partial charge in [0.05, 0.1) is 32.0 Å². The van der Waals surface area contributed by atoms with Crippen LogP contribution in [0.15, 0.2) is 42.5 Å². The van der Waals surface area contributed by atoms with Gasteiger partial charge in [0.2, 0.25) is 4.77 Å². The standard InChI is InChI=1S/C20H22FN5O2S/c1-27-16-8-9-17(19(12-16)28-2)18-7-4-10-24(18)13-25-20(29)26(23-22-25)15-6-3-5-14(21)11-15/h3,5-6,8-9,11-12,18H,4,7,10,13H2,1-2H3/p+1/t18-/m1/s1. The molecule has 1 saturated heterocycles. The molecule has 152 valence electrons. The SMILES string of the molecule is COc1ccc([C@H]2CCC[NH+]2Cn2nnn(-c3cccc(F)c3)c2=S)c(OC)c1. The molecule has 1 aliphatic rings. The molecule has 3 aromatic rings. The second kappa shape index (κ2) is 8.30. The molecule has 9 heteroatoms. The van der Waals surface area contributed by atoms with Gasteiger partial charge in [-0.1, -0.05) is 6.07 Å². The van der Waals surface area contributed by atoms with Gasteiger partial charge in [-0.05, 0) is 53.0 Å². The van der Waals surface area contributed by atoms with Crippen LogP contribution >= 0.6 is 12.2 Å². The van der Waals surface area contributed by atoms with Crippen LogP contribution in [-0.2, 0) is 6.67 Å². The molecule has 1 fully saturated rings. The molecule has 0 saturated carbocycles. The summed E-state index contributed by atoms with van der Waals surface area (Å²) in [6.07, 6.45) is 2.14. The van der Waals surface area contributed by atoms with Gasteiger partial charge in [0, 0.05) is 18.9 Å². The van der Waals surface area contributed by atoms with E-state index in [0.29, 0.717) is 17.1 Å². The molecule has 0 spiro atoms. The first-order valence-corrected chi connectivity index (χ1v) is 9.87. The minimum absolute atomic E-state index is 0.261. The van der Waals surface area contributed by atoms with E-state index in [4.69, 9.17) is 21.7 Å². The van der Waals surface area contributed by atoms with Crippen LogP contribution in [0.25, 0.3) is 5.69 Å². The summed E-state index contributed by atoms with van der Waals surface area (Å²) in [4.78, 5) is 1.33. The number of methoxy groups -OCH3 is 2. The number of tetrazole rings is 1. The molecular weight excluding hydrogens is 393 g/mol. The number of quaternary nitrogens is 1. The zero-order valence-corrected chi connectivity index (χ0v) is 17.2. The fourth-order valence-electron chi connectivity index (χ4n) is 3.92. The summed E-state index contributed by atoms with van der Waals surface area (Å²) in [7, 11) is 3.32. The lowest BCUT2D eigenvalue weighted by molar-refractivity contribution is -0.941. The van der Waals surface area contributed by atoms with E-state index in [1.54, 1.807) is 31.0 Å². The highest BCUT2D eigenvalue weighted by Gasteiger charge is 2.33. The minimum atomic E-state index is -0.337. The molecule has 0 bridgehead atoms. The third-order valence-electron chi connectivity index (χ3n) is 5.34. The number of hydrogen-bond acceptors (Lipinski definition) is 5. The second-order valence-corrected chi connectivity index (χ2v) is 7.39. The molecule has 1 aromatic heterocycles. The summed E-state index contributed by atoms with van der Waals surface area (Å²) < 4.78 is 28.1. The van der Waals surface area contributed by atoms with Gasteiger partial charge in [-0.15, -0.1) is 0 Å². The first-order chi connectivity index (χ1) is 14.1. The van der Waals surface area contributed by atoms with Crippen molar-refractivity contribution in [3.8, 4) is 17.2 Å². The molecule has 2 heterocycles. The third-order valence-corrected chi connectivity index (χ3v) is 5.73. The van der Waals surface area contributed by atoms with E-state index in [9.17, 15) is 4.39 Å². The van der Waals surface area contributed by atoms with E-state index >= 15 is 0 Å². The first kappa shape index (κ1) is 19.5. The summed E-state index contributed by atoms with van der Waals surface area (Å²) in [6.45, 7) is 1.57. The predicted molar refractivity (Wildman–Crippen MR) is 107 cm³/mol. The first-order valence-electron chi connectivity index (χ1n) is 9.46. The summed E-state index contributed by atoms with van der Waals surface area (Å²) in [5, 5.41) is 8.34. The molecule has 1 aliphatic heterocycles. The average molecular weight is 417 g/mol. The average Bonchev–Trinajstić information content (AvgIpc) is 3.34. The van der Waals surface area contributed by atoms with Crippen LogP contribution < -0.4 is 14.4 Å². The van der Waals surface area contributed by atoms with Gasteiger partial charge in [0.1, 0.15) is 23.4 Å². The van der Waals surface area contributed by atoms with Crippen molar-refractivity contribution in [2.45, 2.75) is 25.6 Å². The quantitative estimate of drug-likeness (QED) is 0.625. The predicted octanol–water partition coefficient (Wildman–Crippen LogP) is 2.33. The Morgan fingerprint density at radius 1 is 1.17 bits per heavy atom. The number of rotatable bonds is 6. The Labute approximate surface area is 173 Å². The number of hydrogen-bond donors (Lipinski definition) is 1. The van der Waals surface area contributed by atoms with Crippen LogP contribution in [0.2, 0.25) is 0 Å². The van der Waals surface area contributed by atoms with Gasteiger partial charge < -0.3 is 14.4 Å². The Morgan fingerprint density at radius 2 is 2.03 bits per heavy atom. The number of halogens is 1. The van der Waals surface area contributed by atoms with Crippen molar-refractivity contribution in [2.24, 2.45) is 0 Å². The molecule has 7 nitrogen and oxygen atoms in total. The second-order valence-electron chi connectivity index (χ2n) is 7.02. The van der Waals surface area contributed by atoms with E-state index < -0.39 is 0 Å². The lowest BCUT2D eigenvalue weighted by Crippen LogP contribution is -3.09. The lowest BCUT2D eigenvalue weighted by Gasteiger charge is -2.23. The summed E-state index contributed by atoms with van der Waals surface area (Å²) >= 11 is 5.55. The number of benzene rings is 2. The molecule has 1 N–H and O–H groups in total. The molecule has 0 amide bonds. The molecule has 2 atom stereocenters. The van der Waals surface area contributed by atoms with Gasteiger partial charge in [-0.3, -0.25) is 0 Å². The van der Waals surface area contributed by atoms with Crippen LogP contribution in [0, 0.1) is 10.6 Å². The Morgan fingerprint density at radius 3 is 2.79 bits per heavy atom. The number of nitrogens with one attached hydrogen (secondary N) is 1. The lowest BCUT2D eigenvalue weighted by atomic mass is 10.0. The molecule has 1 unspecified atom stereocenters. The fourth-order valence-corrected chi connectivity index (χ4v) is 4.16. The van der Waals surface area contributed by atoms with Gasteiger partial charge in [0.15, 0.2) is 6.67 Å². The van der Waals surface area contributed by atoms with Gasteiger partial charge in [0.25, 0.3) is 0 Å². The Kier molecular flexibility index (Phi) is 5.59. The van der Waals surface area contributed by atoms with Crippen LogP contribution in [0.1, 0.15) is 24.4 Å². The van der Waals surface area contributed by atoms with Crippen LogP contribution in [-0.4, -0.2) is 40.6 Å². The number of likely N-dealkylation sites (tertiary alicyclic amines) is 1. The molecular formula is C20H23FN5O2S+. The Balaban J connectivity index is 1.59. The van der Waals surface area contributed by atoms with E-state index in [1.165, 1.54) is 21.7 Å². The molecule has 2 aromatic carbocycles. The fraction of sp³-hybridized carbons (Fsp3) is 0.350. The van der Waals surface area contributed by atoms with E-state index in [2.05, 4.69) is 16.5 Å².